The van der Waals surface area contributed by atoms with Crippen molar-refractivity contribution in [3.8, 4) is 0 Å². The molecule has 0 aromatic carbocycles. The summed E-state index contributed by atoms with van der Waals surface area (Å²) < 4.78 is 0. The first kappa shape index (κ1) is 16.1. The number of nitrogens with one attached hydrogen (secondary N) is 1. The van der Waals surface area contributed by atoms with Crippen LogP contribution in [0.3, 0.4) is 0 Å². The molecule has 2 rings (SSSR count). The summed E-state index contributed by atoms with van der Waals surface area (Å²) in [6.45, 7) is 8.21. The third-order valence-electron chi connectivity index (χ3n) is 5.20. The van der Waals surface area contributed by atoms with Crippen LogP contribution in [0.1, 0.15) is 59.3 Å². The molecule has 120 valence electrons. The van der Waals surface area contributed by atoms with Crippen LogP contribution in [0, 0.1) is 11.3 Å². The van der Waals surface area contributed by atoms with Crippen LogP contribution in [-0.4, -0.2) is 40.6 Å². The van der Waals surface area contributed by atoms with Crippen molar-refractivity contribution in [1.82, 2.24) is 10.2 Å². The number of likely N-dealkylation sites (tertiary alicyclic amines) is 1. The fraction of sp³-hybridized carbons (Fsp3) is 0.875. The van der Waals surface area contributed by atoms with Crippen molar-refractivity contribution in [3.05, 3.63) is 0 Å². The molecular formula is C16H28N2O3. The lowest BCUT2D eigenvalue weighted by atomic mass is 9.76. The van der Waals surface area contributed by atoms with E-state index < -0.39 is 11.5 Å². The molecule has 2 fully saturated rings. The van der Waals surface area contributed by atoms with Gasteiger partial charge in [0, 0.05) is 13.1 Å². The van der Waals surface area contributed by atoms with Crippen molar-refractivity contribution in [2.24, 2.45) is 11.3 Å². The number of aliphatic carboxylic acids is 1. The Labute approximate surface area is 127 Å². The maximum Gasteiger partial charge on any atom is 0.329 e. The first-order valence-electron chi connectivity index (χ1n) is 8.05. The second-order valence-corrected chi connectivity index (χ2v) is 7.65. The smallest absolute Gasteiger partial charge is 0.329 e. The van der Waals surface area contributed by atoms with Crippen LogP contribution >= 0.6 is 0 Å². The molecule has 1 heterocycles. The fourth-order valence-corrected chi connectivity index (χ4v) is 3.37. The van der Waals surface area contributed by atoms with E-state index in [2.05, 4.69) is 26.1 Å². The maximum absolute atomic E-state index is 12.4. The first-order chi connectivity index (χ1) is 9.74. The number of carbonyl (C=O) groups excluding carboxylic acids is 1. The summed E-state index contributed by atoms with van der Waals surface area (Å²) in [5.74, 6) is -0.281. The molecule has 1 unspecified atom stereocenters. The molecule has 0 radical (unpaired) electrons. The Morgan fingerprint density at radius 3 is 2.29 bits per heavy atom. The monoisotopic (exact) mass is 296 g/mol. The van der Waals surface area contributed by atoms with Crippen molar-refractivity contribution in [3.63, 3.8) is 0 Å². The van der Waals surface area contributed by atoms with Gasteiger partial charge < -0.3 is 15.3 Å². The van der Waals surface area contributed by atoms with Crippen LogP contribution in [0.2, 0.25) is 0 Å². The molecule has 2 N–H and O–H groups in total. The van der Waals surface area contributed by atoms with Crippen LogP contribution < -0.4 is 5.32 Å². The van der Waals surface area contributed by atoms with E-state index in [1.807, 2.05) is 0 Å². The number of carbonyl (C=O) groups is 2. The lowest BCUT2D eigenvalue weighted by Gasteiger charge is -2.39. The van der Waals surface area contributed by atoms with Crippen molar-refractivity contribution >= 4 is 12.0 Å². The van der Waals surface area contributed by atoms with Gasteiger partial charge in [-0.1, -0.05) is 20.8 Å². The van der Waals surface area contributed by atoms with Crippen LogP contribution in [0.4, 0.5) is 4.79 Å². The van der Waals surface area contributed by atoms with Crippen LogP contribution in [0.15, 0.2) is 0 Å². The highest BCUT2D eigenvalue weighted by atomic mass is 16.4. The SMILES string of the molecule is CC(C)(C)C1CCCN(C(=O)NC2(C(=O)O)CCC2)CC1. The van der Waals surface area contributed by atoms with Crippen molar-refractivity contribution < 1.29 is 14.7 Å². The van der Waals surface area contributed by atoms with E-state index in [0.29, 0.717) is 18.8 Å². The summed E-state index contributed by atoms with van der Waals surface area (Å²) in [6.07, 6.45) is 5.10. The van der Waals surface area contributed by atoms with Gasteiger partial charge in [0.15, 0.2) is 0 Å². The van der Waals surface area contributed by atoms with Crippen molar-refractivity contribution in [1.29, 1.82) is 0 Å². The highest BCUT2D eigenvalue weighted by molar-refractivity contribution is 5.87. The van der Waals surface area contributed by atoms with Crippen LogP contribution in [0.5, 0.6) is 0 Å². The van der Waals surface area contributed by atoms with Crippen LogP contribution in [-0.2, 0) is 4.79 Å². The largest absolute Gasteiger partial charge is 0.480 e. The molecule has 2 aliphatic rings. The number of urea groups is 1. The van der Waals surface area contributed by atoms with Gasteiger partial charge in [0.1, 0.15) is 5.54 Å². The molecule has 2 amide bonds. The van der Waals surface area contributed by atoms with E-state index in [-0.39, 0.29) is 11.4 Å². The highest BCUT2D eigenvalue weighted by Crippen LogP contribution is 2.35. The minimum absolute atomic E-state index is 0.202. The Kier molecular flexibility index (Phi) is 4.49. The second kappa shape index (κ2) is 5.85. The number of carboxylic acids is 1. The lowest BCUT2D eigenvalue weighted by molar-refractivity contribution is -0.148. The predicted molar refractivity (Wildman–Crippen MR) is 81.1 cm³/mol. The quantitative estimate of drug-likeness (QED) is 0.823. The summed E-state index contributed by atoms with van der Waals surface area (Å²) in [5, 5.41) is 12.1. The zero-order chi connectivity index (χ0) is 15.7. The molecule has 1 atom stereocenters. The number of nitrogens with zero attached hydrogens (tertiary/aromatic N) is 1. The van der Waals surface area contributed by atoms with Gasteiger partial charge in [-0.05, 0) is 49.9 Å². The van der Waals surface area contributed by atoms with E-state index in [9.17, 15) is 14.7 Å². The Morgan fingerprint density at radius 2 is 1.81 bits per heavy atom. The molecule has 0 bridgehead atoms. The van der Waals surface area contributed by atoms with Gasteiger partial charge in [0.05, 0.1) is 0 Å². The van der Waals surface area contributed by atoms with E-state index >= 15 is 0 Å². The van der Waals surface area contributed by atoms with E-state index in [4.69, 9.17) is 0 Å². The molecule has 1 saturated heterocycles. The number of hydrogen-bond acceptors (Lipinski definition) is 2. The molecule has 1 aliphatic carbocycles. The van der Waals surface area contributed by atoms with E-state index in [1.165, 1.54) is 0 Å². The molecular weight excluding hydrogens is 268 g/mol. The van der Waals surface area contributed by atoms with Gasteiger partial charge in [-0.2, -0.15) is 0 Å². The molecule has 1 aliphatic heterocycles. The van der Waals surface area contributed by atoms with Gasteiger partial charge in [0.2, 0.25) is 0 Å². The minimum Gasteiger partial charge on any atom is -0.480 e. The summed E-state index contributed by atoms with van der Waals surface area (Å²) in [4.78, 5) is 25.5. The topological polar surface area (TPSA) is 69.6 Å². The normalized spacial score (nSPS) is 25.7. The number of hydrogen-bond donors (Lipinski definition) is 2. The Hall–Kier alpha value is -1.26. The van der Waals surface area contributed by atoms with Gasteiger partial charge in [0.25, 0.3) is 0 Å². The standard InChI is InChI=1S/C16H28N2O3/c1-15(2,3)12-6-4-10-18(11-7-12)14(21)17-16(13(19)20)8-5-9-16/h12H,4-11H2,1-3H3,(H,17,21)(H,19,20). The molecule has 0 aromatic heterocycles. The maximum atomic E-state index is 12.4. The zero-order valence-corrected chi connectivity index (χ0v) is 13.4. The lowest BCUT2D eigenvalue weighted by Crippen LogP contribution is -2.61. The summed E-state index contributed by atoms with van der Waals surface area (Å²) >= 11 is 0. The summed E-state index contributed by atoms with van der Waals surface area (Å²) in [5.41, 5.74) is -0.741. The van der Waals surface area contributed by atoms with Gasteiger partial charge in [-0.3, -0.25) is 0 Å². The fourth-order valence-electron chi connectivity index (χ4n) is 3.37. The zero-order valence-electron chi connectivity index (χ0n) is 13.4. The third-order valence-corrected chi connectivity index (χ3v) is 5.20. The van der Waals surface area contributed by atoms with E-state index in [0.717, 1.165) is 38.8 Å². The number of rotatable bonds is 2. The Bertz CT molecular complexity index is 410. The molecule has 1 saturated carbocycles. The van der Waals surface area contributed by atoms with Gasteiger partial charge in [-0.25, -0.2) is 9.59 Å². The third kappa shape index (κ3) is 3.50. The van der Waals surface area contributed by atoms with Crippen molar-refractivity contribution in [2.45, 2.75) is 64.8 Å². The van der Waals surface area contributed by atoms with Crippen LogP contribution in [0.25, 0.3) is 0 Å². The molecule has 21 heavy (non-hydrogen) atoms. The molecule has 5 heteroatoms. The summed E-state index contributed by atoms with van der Waals surface area (Å²) in [7, 11) is 0. The van der Waals surface area contributed by atoms with Gasteiger partial charge >= 0.3 is 12.0 Å². The number of carboxylic acid groups (broad SMARTS) is 1. The van der Waals surface area contributed by atoms with Gasteiger partial charge in [-0.15, -0.1) is 0 Å². The average molecular weight is 296 g/mol. The molecule has 5 nitrogen and oxygen atoms in total. The van der Waals surface area contributed by atoms with E-state index in [1.54, 1.807) is 4.90 Å². The predicted octanol–water partition coefficient (Wildman–Crippen LogP) is 2.85. The highest BCUT2D eigenvalue weighted by Gasteiger charge is 2.46. The van der Waals surface area contributed by atoms with Crippen molar-refractivity contribution in [2.75, 3.05) is 13.1 Å². The Morgan fingerprint density at radius 1 is 1.14 bits per heavy atom. The first-order valence-corrected chi connectivity index (χ1v) is 8.05. The summed E-state index contributed by atoms with van der Waals surface area (Å²) in [6, 6.07) is -0.202. The minimum atomic E-state index is -1.01. The second-order valence-electron chi connectivity index (χ2n) is 7.65. The average Bonchev–Trinajstić information content (AvgIpc) is 2.58. The molecule has 0 aromatic rings. The Balaban J connectivity index is 1.93. The number of amides is 2. The molecule has 0 spiro atoms.